The lowest BCUT2D eigenvalue weighted by atomic mass is 9.80. The Morgan fingerprint density at radius 1 is 0.359 bits per heavy atom. The van der Waals surface area contributed by atoms with E-state index in [0.29, 0.717) is 6.67 Å². The second-order valence-electron chi connectivity index (χ2n) is 24.2. The number of nitrogens with zero attached hydrogens (tertiary/aromatic N) is 5. The Bertz CT molecular complexity index is 4150. The van der Waals surface area contributed by atoms with Crippen LogP contribution in [0.4, 0.5) is 22.7 Å². The van der Waals surface area contributed by atoms with Gasteiger partial charge in [-0.1, -0.05) is 178 Å². The molecule has 0 atom stereocenters. The number of fused-ring (bicyclic) bond motifs is 7. The Hall–Kier alpha value is -8.87. The highest BCUT2D eigenvalue weighted by molar-refractivity contribution is 6.17. The molecule has 0 aliphatic carbocycles. The predicted molar refractivity (Wildman–Crippen MR) is 328 cm³/mol. The Labute approximate surface area is 458 Å². The topological polar surface area (TPSA) is 38.5 Å². The fraction of sp³-hybridized carbons (Fsp3) is 0.181. The van der Waals surface area contributed by atoms with Gasteiger partial charge >= 0.3 is 0 Å². The van der Waals surface area contributed by atoms with Crippen molar-refractivity contribution in [2.24, 2.45) is 0 Å². The number of benzene rings is 9. The molecule has 13 rings (SSSR count). The fourth-order valence-corrected chi connectivity index (χ4v) is 11.6. The third-order valence-corrected chi connectivity index (χ3v) is 15.9. The van der Waals surface area contributed by atoms with E-state index in [9.17, 15) is 0 Å². The number of pyridine rings is 1. The van der Waals surface area contributed by atoms with E-state index in [1.807, 2.05) is 6.20 Å². The van der Waals surface area contributed by atoms with Crippen LogP contribution in [-0.4, -0.2) is 20.8 Å². The maximum Gasteiger partial charge on any atom is 0.137 e. The van der Waals surface area contributed by atoms with Gasteiger partial charge in [-0.3, -0.25) is 4.57 Å². The van der Waals surface area contributed by atoms with E-state index in [-0.39, 0.29) is 16.2 Å². The van der Waals surface area contributed by atoms with Crippen LogP contribution in [0.25, 0.3) is 77.4 Å². The van der Waals surface area contributed by atoms with Crippen molar-refractivity contribution in [2.45, 2.75) is 78.6 Å². The number of hydrogen-bond donors (Lipinski definition) is 0. The fourth-order valence-electron chi connectivity index (χ4n) is 11.6. The zero-order valence-corrected chi connectivity index (χ0v) is 46.1. The summed E-state index contributed by atoms with van der Waals surface area (Å²) in [5.74, 6) is 2.33. The van der Waals surface area contributed by atoms with Crippen molar-refractivity contribution in [3.63, 3.8) is 0 Å². The van der Waals surface area contributed by atoms with Gasteiger partial charge in [0.2, 0.25) is 0 Å². The minimum Gasteiger partial charge on any atom is -0.457 e. The van der Waals surface area contributed by atoms with Gasteiger partial charge in [0.15, 0.2) is 0 Å². The summed E-state index contributed by atoms with van der Waals surface area (Å²) < 4.78 is 12.1. The van der Waals surface area contributed by atoms with Crippen LogP contribution in [0, 0.1) is 0 Å². The van der Waals surface area contributed by atoms with E-state index < -0.39 is 0 Å². The summed E-state index contributed by atoms with van der Waals surface area (Å²) in [5.41, 5.74) is 18.4. The molecular formula is C72H65N5O. The molecule has 6 nitrogen and oxygen atoms in total. The highest BCUT2D eigenvalue weighted by atomic mass is 16.5. The van der Waals surface area contributed by atoms with Gasteiger partial charge < -0.3 is 19.1 Å². The first kappa shape index (κ1) is 48.8. The molecule has 12 aromatic rings. The van der Waals surface area contributed by atoms with E-state index in [1.165, 1.54) is 61.1 Å². The number of hydrogen-bond acceptors (Lipinski definition) is 4. The molecule has 0 radical (unpaired) electrons. The van der Waals surface area contributed by atoms with Gasteiger partial charge in [0, 0.05) is 57.3 Å². The second kappa shape index (κ2) is 18.4. The second-order valence-corrected chi connectivity index (χ2v) is 24.2. The smallest absolute Gasteiger partial charge is 0.137 e. The van der Waals surface area contributed by atoms with Gasteiger partial charge in [-0.05, 0) is 134 Å². The molecule has 1 aliphatic heterocycles. The first-order valence-corrected chi connectivity index (χ1v) is 27.4. The van der Waals surface area contributed by atoms with Crippen molar-refractivity contribution in [3.8, 4) is 45.3 Å². The molecule has 0 N–H and O–H groups in total. The van der Waals surface area contributed by atoms with Crippen molar-refractivity contribution in [2.75, 3.05) is 16.5 Å². The van der Waals surface area contributed by atoms with Crippen LogP contribution in [0.3, 0.4) is 0 Å². The normalized spacial score (nSPS) is 13.1. The predicted octanol–water partition coefficient (Wildman–Crippen LogP) is 19.5. The molecule has 384 valence electrons. The van der Waals surface area contributed by atoms with Crippen LogP contribution in [0.2, 0.25) is 0 Å². The van der Waals surface area contributed by atoms with Crippen LogP contribution >= 0.6 is 0 Å². The average molecular weight is 1020 g/mol. The van der Waals surface area contributed by atoms with E-state index >= 15 is 0 Å². The monoisotopic (exact) mass is 1020 g/mol. The SMILES string of the molecule is CC(C)(C)c1cc(N2CN(c3cccc(Oc4cc(-n5c6ccc(-c7ccccc7)cc6c6cc(-c7ccccc7)ccc65)c5c6ccccc6n(-c6cc(C(C)(C)C)ccn6)c5c4)c3)c3ccccc32)cc(C(C)(C)C)c1. The quantitative estimate of drug-likeness (QED) is 0.152. The average Bonchev–Trinajstić information content (AvgIpc) is 4.29. The number of para-hydroxylation sites is 3. The van der Waals surface area contributed by atoms with Crippen LogP contribution in [0.5, 0.6) is 11.5 Å². The van der Waals surface area contributed by atoms with E-state index in [4.69, 9.17) is 9.72 Å². The molecule has 0 unspecified atom stereocenters. The zero-order chi connectivity index (χ0) is 53.7. The standard InChI is InChI=1S/C72H65N5O/c1-70(2,3)51-35-36-73-68(42-51)77-61-28-17-16-27-58(61)69-66(76-62-33-31-49(47-21-12-10-13-22-47)37-59(62)60-38-50(32-34-63(60)76)48-23-14-11-15-24-48)44-57(45-67(69)77)78-56-26-20-25-54(43-56)74-46-75(65-30-19-18-29-64(65)74)55-40-52(71(4,5)6)39-53(41-55)72(7,8)9/h10-45H,46H2,1-9H3. The third-order valence-electron chi connectivity index (χ3n) is 15.9. The van der Waals surface area contributed by atoms with Gasteiger partial charge in [0.05, 0.1) is 39.1 Å². The van der Waals surface area contributed by atoms with Crippen molar-refractivity contribution in [3.05, 3.63) is 235 Å². The summed E-state index contributed by atoms with van der Waals surface area (Å²) in [6.45, 7) is 21.3. The summed E-state index contributed by atoms with van der Waals surface area (Å²) in [4.78, 5) is 10.00. The van der Waals surface area contributed by atoms with Crippen molar-refractivity contribution in [1.29, 1.82) is 0 Å². The van der Waals surface area contributed by atoms with Crippen molar-refractivity contribution >= 4 is 66.4 Å². The lowest BCUT2D eigenvalue weighted by molar-refractivity contribution is 0.483. The van der Waals surface area contributed by atoms with Gasteiger partial charge in [0.1, 0.15) is 24.0 Å². The molecule has 0 bridgehead atoms. The summed E-state index contributed by atoms with van der Waals surface area (Å²) in [6.07, 6.45) is 1.95. The highest BCUT2D eigenvalue weighted by Crippen LogP contribution is 2.48. The van der Waals surface area contributed by atoms with Crippen LogP contribution in [0.15, 0.2) is 219 Å². The van der Waals surface area contributed by atoms with E-state index in [0.717, 1.165) is 67.2 Å². The maximum absolute atomic E-state index is 7.29. The first-order chi connectivity index (χ1) is 37.5. The minimum atomic E-state index is -0.0835. The summed E-state index contributed by atoms with van der Waals surface area (Å²) in [7, 11) is 0. The van der Waals surface area contributed by atoms with Crippen molar-refractivity contribution in [1.82, 2.24) is 14.1 Å². The molecule has 0 fully saturated rings. The Morgan fingerprint density at radius 2 is 0.910 bits per heavy atom. The first-order valence-electron chi connectivity index (χ1n) is 27.4. The van der Waals surface area contributed by atoms with Crippen LogP contribution in [0.1, 0.15) is 79.0 Å². The van der Waals surface area contributed by atoms with Crippen LogP contribution < -0.4 is 14.5 Å². The summed E-state index contributed by atoms with van der Waals surface area (Å²) in [6, 6.07) is 77.4. The number of ether oxygens (including phenoxy) is 1. The Kier molecular flexibility index (Phi) is 11.5. The lowest BCUT2D eigenvalue weighted by Crippen LogP contribution is -2.25. The van der Waals surface area contributed by atoms with Gasteiger partial charge in [0.25, 0.3) is 0 Å². The molecule has 1 aliphatic rings. The molecule has 0 amide bonds. The zero-order valence-electron chi connectivity index (χ0n) is 46.1. The van der Waals surface area contributed by atoms with Gasteiger partial charge in [-0.15, -0.1) is 0 Å². The Morgan fingerprint density at radius 3 is 1.51 bits per heavy atom. The molecule has 78 heavy (non-hydrogen) atoms. The minimum absolute atomic E-state index is 0.00975. The largest absolute Gasteiger partial charge is 0.457 e. The van der Waals surface area contributed by atoms with E-state index in [1.54, 1.807) is 0 Å². The number of rotatable bonds is 8. The lowest BCUT2D eigenvalue weighted by Gasteiger charge is -2.29. The molecule has 6 heteroatoms. The summed E-state index contributed by atoms with van der Waals surface area (Å²) in [5, 5.41) is 4.61. The summed E-state index contributed by atoms with van der Waals surface area (Å²) >= 11 is 0. The van der Waals surface area contributed by atoms with Gasteiger partial charge in [-0.2, -0.15) is 0 Å². The van der Waals surface area contributed by atoms with Crippen molar-refractivity contribution < 1.29 is 4.74 Å². The third kappa shape index (κ3) is 8.57. The number of aromatic nitrogens is 3. The molecule has 9 aromatic carbocycles. The number of anilines is 4. The molecule has 3 aromatic heterocycles. The van der Waals surface area contributed by atoms with Gasteiger partial charge in [-0.25, -0.2) is 4.98 Å². The molecule has 0 spiro atoms. The van der Waals surface area contributed by atoms with E-state index in [2.05, 4.69) is 294 Å². The molecule has 0 saturated heterocycles. The molecule has 4 heterocycles. The Balaban J connectivity index is 1.00. The molecular weight excluding hydrogens is 951 g/mol. The van der Waals surface area contributed by atoms with Crippen LogP contribution in [-0.2, 0) is 16.2 Å². The molecule has 0 saturated carbocycles. The maximum atomic E-state index is 7.29. The highest BCUT2D eigenvalue weighted by Gasteiger charge is 2.31.